The molecule has 2 aromatic rings. The molecule has 94 valence electrons. The van der Waals surface area contributed by atoms with E-state index in [0.29, 0.717) is 5.92 Å². The predicted molar refractivity (Wildman–Crippen MR) is 72.5 cm³/mol. The third kappa shape index (κ3) is 2.18. The van der Waals surface area contributed by atoms with Gasteiger partial charge in [-0.1, -0.05) is 0 Å². The number of thiazole rings is 1. The van der Waals surface area contributed by atoms with Gasteiger partial charge in [-0.2, -0.15) is 0 Å². The van der Waals surface area contributed by atoms with Crippen LogP contribution in [-0.2, 0) is 0 Å². The van der Waals surface area contributed by atoms with Crippen LogP contribution in [0.15, 0.2) is 24.3 Å². The molecule has 0 saturated carbocycles. The first-order chi connectivity index (χ1) is 8.74. The van der Waals surface area contributed by atoms with Gasteiger partial charge in [0.25, 0.3) is 0 Å². The van der Waals surface area contributed by atoms with Crippen LogP contribution in [0.1, 0.15) is 22.9 Å². The Bertz CT molecular complexity index is 541. The number of aromatic nitrogens is 1. The number of aryl methyl sites for hydroxylation is 1. The lowest BCUT2D eigenvalue weighted by atomic mass is 10.1. The second-order valence-electron chi connectivity index (χ2n) is 4.67. The Morgan fingerprint density at radius 2 is 2.11 bits per heavy atom. The van der Waals surface area contributed by atoms with Gasteiger partial charge in [0, 0.05) is 22.9 Å². The van der Waals surface area contributed by atoms with Crippen molar-refractivity contribution in [3.63, 3.8) is 0 Å². The molecule has 1 N–H and O–H groups in total. The molecule has 1 atom stereocenters. The summed E-state index contributed by atoms with van der Waals surface area (Å²) in [4.78, 5) is 6.00. The van der Waals surface area contributed by atoms with Crippen molar-refractivity contribution in [1.82, 2.24) is 10.3 Å². The molecule has 4 heteroatoms. The lowest BCUT2D eigenvalue weighted by Gasteiger charge is -2.04. The van der Waals surface area contributed by atoms with Crippen molar-refractivity contribution < 1.29 is 4.39 Å². The summed E-state index contributed by atoms with van der Waals surface area (Å²) >= 11 is 1.74. The third-order valence-corrected chi connectivity index (χ3v) is 4.72. The summed E-state index contributed by atoms with van der Waals surface area (Å²) in [6, 6.07) is 6.57. The van der Waals surface area contributed by atoms with Crippen LogP contribution in [0.25, 0.3) is 10.6 Å². The zero-order valence-electron chi connectivity index (χ0n) is 10.2. The summed E-state index contributed by atoms with van der Waals surface area (Å²) in [5.74, 6) is 0.393. The first-order valence-corrected chi connectivity index (χ1v) is 6.99. The maximum atomic E-state index is 12.9. The molecule has 0 spiro atoms. The van der Waals surface area contributed by atoms with Crippen LogP contribution in [0.4, 0.5) is 4.39 Å². The highest BCUT2D eigenvalue weighted by Gasteiger charge is 2.22. The highest BCUT2D eigenvalue weighted by molar-refractivity contribution is 7.15. The minimum atomic E-state index is -0.202. The number of hydrogen-bond donors (Lipinski definition) is 1. The molecule has 0 aliphatic carbocycles. The Hall–Kier alpha value is -1.26. The van der Waals surface area contributed by atoms with E-state index in [1.54, 1.807) is 23.5 Å². The molecule has 0 radical (unpaired) electrons. The summed E-state index contributed by atoms with van der Waals surface area (Å²) < 4.78 is 12.9. The summed E-state index contributed by atoms with van der Waals surface area (Å²) in [6.45, 7) is 4.21. The molecule has 1 aliphatic heterocycles. The number of nitrogens with one attached hydrogen (secondary N) is 1. The van der Waals surface area contributed by atoms with Crippen LogP contribution in [0.3, 0.4) is 0 Å². The van der Waals surface area contributed by atoms with Crippen LogP contribution >= 0.6 is 11.3 Å². The van der Waals surface area contributed by atoms with Gasteiger partial charge in [-0.25, -0.2) is 9.37 Å². The molecule has 18 heavy (non-hydrogen) atoms. The van der Waals surface area contributed by atoms with Crippen molar-refractivity contribution in [1.29, 1.82) is 0 Å². The SMILES string of the molecule is Cc1nc(-c2ccc(F)cc2)sc1C1CCNC1. The summed E-state index contributed by atoms with van der Waals surface area (Å²) in [6.07, 6.45) is 1.19. The minimum Gasteiger partial charge on any atom is -0.316 e. The maximum absolute atomic E-state index is 12.9. The van der Waals surface area contributed by atoms with Crippen molar-refractivity contribution in [3.05, 3.63) is 40.7 Å². The van der Waals surface area contributed by atoms with E-state index in [9.17, 15) is 4.39 Å². The van der Waals surface area contributed by atoms with E-state index < -0.39 is 0 Å². The lowest BCUT2D eigenvalue weighted by molar-refractivity contribution is 0.628. The Morgan fingerprint density at radius 1 is 1.33 bits per heavy atom. The van der Waals surface area contributed by atoms with E-state index in [2.05, 4.69) is 17.2 Å². The molecule has 0 bridgehead atoms. The quantitative estimate of drug-likeness (QED) is 0.898. The Balaban J connectivity index is 1.94. The van der Waals surface area contributed by atoms with E-state index in [4.69, 9.17) is 0 Å². The largest absolute Gasteiger partial charge is 0.316 e. The average Bonchev–Trinajstić information content (AvgIpc) is 2.99. The standard InChI is InChI=1S/C14H15FN2S/c1-9-13(11-6-7-16-8-11)18-14(17-9)10-2-4-12(15)5-3-10/h2-5,11,16H,6-8H2,1H3. The predicted octanol–water partition coefficient (Wildman–Crippen LogP) is 3.33. The van der Waals surface area contributed by atoms with Crippen LogP contribution in [-0.4, -0.2) is 18.1 Å². The molecule has 3 rings (SSSR count). The van der Waals surface area contributed by atoms with Crippen LogP contribution in [0.2, 0.25) is 0 Å². The summed E-state index contributed by atoms with van der Waals surface area (Å²) in [7, 11) is 0. The van der Waals surface area contributed by atoms with Gasteiger partial charge in [-0.05, 0) is 44.2 Å². The Morgan fingerprint density at radius 3 is 2.78 bits per heavy atom. The zero-order valence-corrected chi connectivity index (χ0v) is 11.1. The molecule has 1 saturated heterocycles. The van der Waals surface area contributed by atoms with Gasteiger partial charge in [0.15, 0.2) is 0 Å². The van der Waals surface area contributed by atoms with E-state index >= 15 is 0 Å². The summed E-state index contributed by atoms with van der Waals surface area (Å²) in [5.41, 5.74) is 2.12. The first-order valence-electron chi connectivity index (χ1n) is 6.18. The smallest absolute Gasteiger partial charge is 0.123 e. The van der Waals surface area contributed by atoms with Gasteiger partial charge in [-0.15, -0.1) is 11.3 Å². The minimum absolute atomic E-state index is 0.202. The molecule has 1 aromatic carbocycles. The van der Waals surface area contributed by atoms with Gasteiger partial charge in [-0.3, -0.25) is 0 Å². The van der Waals surface area contributed by atoms with Crippen molar-refractivity contribution >= 4 is 11.3 Å². The zero-order chi connectivity index (χ0) is 12.5. The maximum Gasteiger partial charge on any atom is 0.123 e. The van der Waals surface area contributed by atoms with Gasteiger partial charge >= 0.3 is 0 Å². The number of nitrogens with zero attached hydrogens (tertiary/aromatic N) is 1. The van der Waals surface area contributed by atoms with Crippen LogP contribution in [0, 0.1) is 12.7 Å². The fraction of sp³-hybridized carbons (Fsp3) is 0.357. The number of benzene rings is 1. The average molecular weight is 262 g/mol. The molecule has 1 aliphatic rings. The van der Waals surface area contributed by atoms with Crippen LogP contribution < -0.4 is 5.32 Å². The normalized spacial score (nSPS) is 19.3. The van der Waals surface area contributed by atoms with E-state index in [1.165, 1.54) is 23.4 Å². The molecular formula is C14H15FN2S. The van der Waals surface area contributed by atoms with Gasteiger partial charge in [0.05, 0.1) is 5.69 Å². The molecule has 2 heterocycles. The van der Waals surface area contributed by atoms with Gasteiger partial charge in [0.1, 0.15) is 10.8 Å². The second-order valence-corrected chi connectivity index (χ2v) is 5.70. The van der Waals surface area contributed by atoms with Crippen molar-refractivity contribution in [2.45, 2.75) is 19.3 Å². The molecule has 2 nitrogen and oxygen atoms in total. The third-order valence-electron chi connectivity index (χ3n) is 3.35. The van der Waals surface area contributed by atoms with E-state index in [0.717, 1.165) is 29.4 Å². The monoisotopic (exact) mass is 262 g/mol. The highest BCUT2D eigenvalue weighted by atomic mass is 32.1. The van der Waals surface area contributed by atoms with Crippen molar-refractivity contribution in [3.8, 4) is 10.6 Å². The number of hydrogen-bond acceptors (Lipinski definition) is 3. The van der Waals surface area contributed by atoms with Crippen LogP contribution in [0.5, 0.6) is 0 Å². The number of rotatable bonds is 2. The highest BCUT2D eigenvalue weighted by Crippen LogP contribution is 2.35. The Kier molecular flexibility index (Phi) is 3.14. The van der Waals surface area contributed by atoms with E-state index in [1.807, 2.05) is 0 Å². The topological polar surface area (TPSA) is 24.9 Å². The lowest BCUT2D eigenvalue weighted by Crippen LogP contribution is -2.07. The first kappa shape index (κ1) is 11.8. The van der Waals surface area contributed by atoms with Gasteiger partial charge in [0.2, 0.25) is 0 Å². The fourth-order valence-corrected chi connectivity index (χ4v) is 3.59. The molecular weight excluding hydrogens is 247 g/mol. The summed E-state index contributed by atoms with van der Waals surface area (Å²) in [5, 5.41) is 4.38. The Labute approximate surface area is 110 Å². The molecule has 1 unspecified atom stereocenters. The molecule has 1 aromatic heterocycles. The van der Waals surface area contributed by atoms with Crippen molar-refractivity contribution in [2.24, 2.45) is 0 Å². The molecule has 0 amide bonds. The van der Waals surface area contributed by atoms with E-state index in [-0.39, 0.29) is 5.82 Å². The van der Waals surface area contributed by atoms with Crippen molar-refractivity contribution in [2.75, 3.05) is 13.1 Å². The fourth-order valence-electron chi connectivity index (χ4n) is 2.38. The molecule has 1 fully saturated rings. The second kappa shape index (κ2) is 4.78. The van der Waals surface area contributed by atoms with Gasteiger partial charge < -0.3 is 5.32 Å². The number of halogens is 1.